The number of hydrogen-bond acceptors (Lipinski definition) is 2. The minimum absolute atomic E-state index is 0.140. The zero-order valence-corrected chi connectivity index (χ0v) is 10.5. The van der Waals surface area contributed by atoms with Gasteiger partial charge in [-0.2, -0.15) is 0 Å². The molecule has 0 aromatic carbocycles. The van der Waals surface area contributed by atoms with E-state index in [0.29, 0.717) is 0 Å². The second-order valence-electron chi connectivity index (χ2n) is 4.93. The molecule has 0 aliphatic heterocycles. The third kappa shape index (κ3) is 4.70. The van der Waals surface area contributed by atoms with Crippen molar-refractivity contribution in [1.82, 2.24) is 4.90 Å². The lowest BCUT2D eigenvalue weighted by Gasteiger charge is -2.26. The van der Waals surface area contributed by atoms with Crippen LogP contribution in [0.2, 0.25) is 0 Å². The lowest BCUT2D eigenvalue weighted by Crippen LogP contribution is -2.27. The lowest BCUT2D eigenvalue weighted by molar-refractivity contribution is 0.0145. The number of ether oxygens (including phenoxy) is 1. The van der Waals surface area contributed by atoms with Crippen LogP contribution in [0, 0.1) is 5.92 Å². The van der Waals surface area contributed by atoms with Gasteiger partial charge in [-0.3, -0.25) is 4.90 Å². The molecule has 1 atom stereocenters. The Balaban J connectivity index is 2.22. The number of rotatable bonds is 5. The fraction of sp³-hybridized carbons (Fsp3) is 0.846. The molecule has 0 radical (unpaired) electrons. The molecule has 0 N–H and O–H groups in total. The molecular formula is C13H25NO. The summed E-state index contributed by atoms with van der Waals surface area (Å²) in [6, 6.07) is 0. The topological polar surface area (TPSA) is 12.5 Å². The predicted molar refractivity (Wildman–Crippen MR) is 64.6 cm³/mol. The predicted octanol–water partition coefficient (Wildman–Crippen LogP) is 3.39. The molecule has 0 heterocycles. The van der Waals surface area contributed by atoms with Gasteiger partial charge < -0.3 is 4.74 Å². The first kappa shape index (κ1) is 12.6. The third-order valence-electron chi connectivity index (χ3n) is 3.31. The Kier molecular flexibility index (Phi) is 5.16. The zero-order valence-electron chi connectivity index (χ0n) is 10.5. The Morgan fingerprint density at radius 1 is 1.33 bits per heavy atom. The number of hydrogen-bond donors (Lipinski definition) is 0. The summed E-state index contributed by atoms with van der Waals surface area (Å²) < 4.78 is 5.75. The van der Waals surface area contributed by atoms with E-state index >= 15 is 0 Å². The van der Waals surface area contributed by atoms with Crippen molar-refractivity contribution >= 4 is 0 Å². The standard InChI is InChI=1S/C13H25NO/c1-11(15-12(2)14(3)4)10-13-8-6-5-7-9-13/h12-13H,1,5-10H2,2-4H3. The van der Waals surface area contributed by atoms with E-state index in [0.717, 1.165) is 18.1 Å². The average Bonchev–Trinajstić information content (AvgIpc) is 2.18. The van der Waals surface area contributed by atoms with Gasteiger partial charge in [0.05, 0.1) is 5.76 Å². The van der Waals surface area contributed by atoms with Crippen molar-refractivity contribution in [1.29, 1.82) is 0 Å². The molecule has 0 bridgehead atoms. The van der Waals surface area contributed by atoms with Crippen molar-refractivity contribution in [2.24, 2.45) is 5.92 Å². The summed E-state index contributed by atoms with van der Waals surface area (Å²) in [6.45, 7) is 6.08. The smallest absolute Gasteiger partial charge is 0.148 e. The molecule has 1 fully saturated rings. The van der Waals surface area contributed by atoms with Crippen LogP contribution in [-0.4, -0.2) is 25.2 Å². The largest absolute Gasteiger partial charge is 0.480 e. The van der Waals surface area contributed by atoms with Crippen LogP contribution < -0.4 is 0 Å². The van der Waals surface area contributed by atoms with Gasteiger partial charge in [0, 0.05) is 6.42 Å². The second-order valence-corrected chi connectivity index (χ2v) is 4.93. The highest BCUT2D eigenvalue weighted by molar-refractivity contribution is 4.87. The Hall–Kier alpha value is -0.500. The maximum absolute atomic E-state index is 5.75. The summed E-state index contributed by atoms with van der Waals surface area (Å²) in [4.78, 5) is 2.06. The van der Waals surface area contributed by atoms with Crippen molar-refractivity contribution < 1.29 is 4.74 Å². The van der Waals surface area contributed by atoms with Crippen LogP contribution in [0.5, 0.6) is 0 Å². The van der Waals surface area contributed by atoms with E-state index in [1.54, 1.807) is 0 Å². The molecule has 0 aromatic heterocycles. The van der Waals surface area contributed by atoms with Crippen molar-refractivity contribution in [2.45, 2.75) is 51.7 Å². The van der Waals surface area contributed by atoms with E-state index < -0.39 is 0 Å². The summed E-state index contributed by atoms with van der Waals surface area (Å²) in [6.07, 6.45) is 8.11. The monoisotopic (exact) mass is 211 g/mol. The Bertz CT molecular complexity index is 195. The normalized spacial score (nSPS) is 20.3. The highest BCUT2D eigenvalue weighted by atomic mass is 16.5. The number of nitrogens with zero attached hydrogens (tertiary/aromatic N) is 1. The fourth-order valence-corrected chi connectivity index (χ4v) is 2.11. The first-order chi connectivity index (χ1) is 7.09. The molecule has 0 spiro atoms. The van der Waals surface area contributed by atoms with Gasteiger partial charge in [-0.1, -0.05) is 38.7 Å². The van der Waals surface area contributed by atoms with E-state index in [1.165, 1.54) is 32.1 Å². The van der Waals surface area contributed by atoms with Gasteiger partial charge in [0.15, 0.2) is 0 Å². The summed E-state index contributed by atoms with van der Waals surface area (Å²) in [5, 5.41) is 0. The third-order valence-corrected chi connectivity index (χ3v) is 3.31. The van der Waals surface area contributed by atoms with Crippen LogP contribution in [-0.2, 0) is 4.74 Å². The van der Waals surface area contributed by atoms with Crippen molar-refractivity contribution in [2.75, 3.05) is 14.1 Å². The van der Waals surface area contributed by atoms with Crippen LogP contribution >= 0.6 is 0 Å². The molecule has 1 saturated carbocycles. The van der Waals surface area contributed by atoms with Gasteiger partial charge >= 0.3 is 0 Å². The average molecular weight is 211 g/mol. The van der Waals surface area contributed by atoms with Gasteiger partial charge in [-0.25, -0.2) is 0 Å². The van der Waals surface area contributed by atoms with Crippen LogP contribution in [0.25, 0.3) is 0 Å². The van der Waals surface area contributed by atoms with Crippen molar-refractivity contribution in [3.05, 3.63) is 12.3 Å². The first-order valence-corrected chi connectivity index (χ1v) is 6.10. The van der Waals surface area contributed by atoms with Gasteiger partial charge in [0.2, 0.25) is 0 Å². The van der Waals surface area contributed by atoms with E-state index in [-0.39, 0.29) is 6.23 Å². The highest BCUT2D eigenvalue weighted by Crippen LogP contribution is 2.29. The Morgan fingerprint density at radius 2 is 1.93 bits per heavy atom. The highest BCUT2D eigenvalue weighted by Gasteiger charge is 2.16. The van der Waals surface area contributed by atoms with E-state index in [2.05, 4.69) is 18.4 Å². The molecule has 0 aromatic rings. The zero-order chi connectivity index (χ0) is 11.3. The van der Waals surface area contributed by atoms with Crippen LogP contribution in [0.3, 0.4) is 0 Å². The van der Waals surface area contributed by atoms with Crippen molar-refractivity contribution in [3.8, 4) is 0 Å². The van der Waals surface area contributed by atoms with E-state index in [1.807, 2.05) is 14.1 Å². The van der Waals surface area contributed by atoms with Crippen LogP contribution in [0.4, 0.5) is 0 Å². The molecule has 2 heteroatoms. The molecule has 0 saturated heterocycles. The molecule has 1 unspecified atom stereocenters. The summed E-state index contributed by atoms with van der Waals surface area (Å²) in [5.41, 5.74) is 0. The summed E-state index contributed by atoms with van der Waals surface area (Å²) >= 11 is 0. The van der Waals surface area contributed by atoms with Gasteiger partial charge in [0.25, 0.3) is 0 Å². The molecule has 88 valence electrons. The van der Waals surface area contributed by atoms with Crippen molar-refractivity contribution in [3.63, 3.8) is 0 Å². The summed E-state index contributed by atoms with van der Waals surface area (Å²) in [5.74, 6) is 1.78. The molecular weight excluding hydrogens is 186 g/mol. The maximum atomic E-state index is 5.75. The lowest BCUT2D eigenvalue weighted by atomic mass is 9.86. The van der Waals surface area contributed by atoms with Crippen LogP contribution in [0.15, 0.2) is 12.3 Å². The van der Waals surface area contributed by atoms with Gasteiger partial charge in [-0.15, -0.1) is 0 Å². The quantitative estimate of drug-likeness (QED) is 0.510. The van der Waals surface area contributed by atoms with Gasteiger partial charge in [-0.05, 0) is 26.9 Å². The minimum Gasteiger partial charge on any atom is -0.480 e. The molecule has 2 nitrogen and oxygen atoms in total. The molecule has 1 aliphatic rings. The molecule has 1 aliphatic carbocycles. The first-order valence-electron chi connectivity index (χ1n) is 6.10. The summed E-state index contributed by atoms with van der Waals surface area (Å²) in [7, 11) is 4.05. The Labute approximate surface area is 94.3 Å². The Morgan fingerprint density at radius 3 is 2.47 bits per heavy atom. The van der Waals surface area contributed by atoms with E-state index in [9.17, 15) is 0 Å². The molecule has 15 heavy (non-hydrogen) atoms. The van der Waals surface area contributed by atoms with E-state index in [4.69, 9.17) is 4.74 Å². The molecule has 1 rings (SSSR count). The fourth-order valence-electron chi connectivity index (χ4n) is 2.11. The maximum Gasteiger partial charge on any atom is 0.148 e. The van der Waals surface area contributed by atoms with Crippen LogP contribution in [0.1, 0.15) is 45.4 Å². The molecule has 0 amide bonds. The SMILES string of the molecule is C=C(CC1CCCCC1)OC(C)N(C)C. The minimum atomic E-state index is 0.140. The van der Waals surface area contributed by atoms with Gasteiger partial charge in [0.1, 0.15) is 6.23 Å². The number of allylic oxidation sites excluding steroid dienone is 1. The second kappa shape index (κ2) is 6.16.